The van der Waals surface area contributed by atoms with Gasteiger partial charge in [-0.3, -0.25) is 0 Å². The molecule has 0 fully saturated rings. The van der Waals surface area contributed by atoms with Crippen molar-refractivity contribution in [3.05, 3.63) is 124 Å². The van der Waals surface area contributed by atoms with Gasteiger partial charge in [0, 0.05) is 11.4 Å². The van der Waals surface area contributed by atoms with Gasteiger partial charge in [-0.25, -0.2) is 9.59 Å². The number of hydrogen-bond donors (Lipinski definition) is 2. The van der Waals surface area contributed by atoms with Crippen LogP contribution in [0.25, 0.3) is 0 Å². The Hall–Kier alpha value is -4.00. The fourth-order valence-electron chi connectivity index (χ4n) is 3.56. The van der Waals surface area contributed by atoms with Gasteiger partial charge in [0.15, 0.2) is 0 Å². The van der Waals surface area contributed by atoms with Crippen molar-refractivity contribution in [2.75, 3.05) is 17.7 Å². The van der Waals surface area contributed by atoms with E-state index in [-0.39, 0.29) is 5.56 Å². The van der Waals surface area contributed by atoms with Gasteiger partial charge in [0.2, 0.25) is 0 Å². The van der Waals surface area contributed by atoms with Crippen molar-refractivity contribution in [2.24, 2.45) is 0 Å². The predicted molar refractivity (Wildman–Crippen MR) is 142 cm³/mol. The minimum atomic E-state index is -0.599. The number of esters is 1. The van der Waals surface area contributed by atoms with E-state index in [1.54, 1.807) is 24.3 Å². The standard InChI is InChI=1S/C28H22Cl2N2O4/c1-35-27(33)22-16-20(31-28(34)32-21-12-14-23(29)24(30)17-21)13-15-25(22)36-26(18-8-4-2-5-9-18)19-10-6-3-7-11-19/h2-17,26H,1H3,(H2,31,32,34). The van der Waals surface area contributed by atoms with Gasteiger partial charge in [0.25, 0.3) is 0 Å². The van der Waals surface area contributed by atoms with Crippen molar-refractivity contribution < 1.29 is 19.1 Å². The predicted octanol–water partition coefficient (Wildman–Crippen LogP) is 7.59. The maximum atomic E-state index is 12.6. The third-order valence-corrected chi connectivity index (χ3v) is 6.01. The number of halogens is 2. The van der Waals surface area contributed by atoms with Crippen molar-refractivity contribution in [1.29, 1.82) is 0 Å². The van der Waals surface area contributed by atoms with Crippen LogP contribution in [0.15, 0.2) is 97.1 Å². The first-order valence-corrected chi connectivity index (χ1v) is 11.7. The fourth-order valence-corrected chi connectivity index (χ4v) is 3.86. The lowest BCUT2D eigenvalue weighted by Crippen LogP contribution is -2.20. The minimum Gasteiger partial charge on any atom is -0.480 e. The van der Waals surface area contributed by atoms with E-state index in [2.05, 4.69) is 10.6 Å². The van der Waals surface area contributed by atoms with E-state index in [1.807, 2.05) is 60.7 Å². The molecule has 2 N–H and O–H groups in total. The summed E-state index contributed by atoms with van der Waals surface area (Å²) in [4.78, 5) is 25.1. The lowest BCUT2D eigenvalue weighted by atomic mass is 10.0. The second-order valence-electron chi connectivity index (χ2n) is 7.73. The van der Waals surface area contributed by atoms with Gasteiger partial charge in [-0.2, -0.15) is 0 Å². The Morgan fingerprint density at radius 2 is 1.28 bits per heavy atom. The highest BCUT2D eigenvalue weighted by atomic mass is 35.5. The highest BCUT2D eigenvalue weighted by molar-refractivity contribution is 6.42. The van der Waals surface area contributed by atoms with Crippen molar-refractivity contribution in [3.63, 3.8) is 0 Å². The second kappa shape index (κ2) is 11.6. The van der Waals surface area contributed by atoms with Crippen LogP contribution < -0.4 is 15.4 Å². The van der Waals surface area contributed by atoms with Crippen LogP contribution in [0.1, 0.15) is 27.6 Å². The minimum absolute atomic E-state index is 0.168. The van der Waals surface area contributed by atoms with Gasteiger partial charge in [0.1, 0.15) is 17.4 Å². The SMILES string of the molecule is COC(=O)c1cc(NC(=O)Nc2ccc(Cl)c(Cl)c2)ccc1OC(c1ccccc1)c1ccccc1. The Labute approximate surface area is 218 Å². The zero-order valence-electron chi connectivity index (χ0n) is 19.2. The first-order chi connectivity index (χ1) is 17.4. The molecule has 2 amide bonds. The molecule has 0 saturated carbocycles. The molecule has 0 radical (unpaired) electrons. The molecule has 0 saturated heterocycles. The van der Waals surface area contributed by atoms with Crippen LogP contribution in [-0.2, 0) is 4.74 Å². The molecule has 4 aromatic carbocycles. The molecule has 6 nitrogen and oxygen atoms in total. The van der Waals surface area contributed by atoms with Gasteiger partial charge in [-0.05, 0) is 47.5 Å². The maximum absolute atomic E-state index is 12.6. The Kier molecular flexibility index (Phi) is 8.10. The molecule has 0 aromatic heterocycles. The molecule has 0 aliphatic rings. The number of hydrogen-bond acceptors (Lipinski definition) is 4. The van der Waals surface area contributed by atoms with E-state index in [9.17, 15) is 9.59 Å². The van der Waals surface area contributed by atoms with E-state index in [1.165, 1.54) is 19.2 Å². The number of urea groups is 1. The van der Waals surface area contributed by atoms with Crippen LogP contribution in [0.2, 0.25) is 10.0 Å². The highest BCUT2D eigenvalue weighted by Crippen LogP contribution is 2.32. The lowest BCUT2D eigenvalue weighted by Gasteiger charge is -2.22. The van der Waals surface area contributed by atoms with Crippen LogP contribution >= 0.6 is 23.2 Å². The number of amides is 2. The first-order valence-electron chi connectivity index (χ1n) is 11.0. The quantitative estimate of drug-likeness (QED) is 0.246. The van der Waals surface area contributed by atoms with Gasteiger partial charge in [0.05, 0.1) is 17.2 Å². The summed E-state index contributed by atoms with van der Waals surface area (Å²) in [6.45, 7) is 0. The number of anilines is 2. The van der Waals surface area contributed by atoms with Gasteiger partial charge < -0.3 is 20.1 Å². The van der Waals surface area contributed by atoms with Crippen molar-refractivity contribution in [2.45, 2.75) is 6.10 Å². The van der Waals surface area contributed by atoms with E-state index < -0.39 is 18.1 Å². The van der Waals surface area contributed by atoms with Gasteiger partial charge >= 0.3 is 12.0 Å². The maximum Gasteiger partial charge on any atom is 0.341 e. The van der Waals surface area contributed by atoms with E-state index in [0.717, 1.165) is 11.1 Å². The Balaban J connectivity index is 1.60. The molecule has 8 heteroatoms. The van der Waals surface area contributed by atoms with Crippen LogP contribution in [0.4, 0.5) is 16.2 Å². The van der Waals surface area contributed by atoms with Crippen LogP contribution in [-0.4, -0.2) is 19.1 Å². The summed E-state index contributed by atoms with van der Waals surface area (Å²) < 4.78 is 11.3. The average Bonchev–Trinajstić information content (AvgIpc) is 2.90. The number of ether oxygens (including phenoxy) is 2. The molecular weight excluding hydrogens is 499 g/mol. The molecule has 0 unspecified atom stereocenters. The summed E-state index contributed by atoms with van der Waals surface area (Å²) in [5, 5.41) is 6.06. The molecule has 0 atom stereocenters. The summed E-state index contributed by atoms with van der Waals surface area (Å²) in [6.07, 6.45) is -0.465. The molecule has 0 heterocycles. The number of benzene rings is 4. The molecule has 0 aliphatic carbocycles. The van der Waals surface area contributed by atoms with Gasteiger partial charge in [-0.15, -0.1) is 0 Å². The normalized spacial score (nSPS) is 10.6. The third kappa shape index (κ3) is 6.16. The zero-order chi connectivity index (χ0) is 25.5. The molecule has 36 heavy (non-hydrogen) atoms. The molecule has 0 aliphatic heterocycles. The van der Waals surface area contributed by atoms with Crippen LogP contribution in [0, 0.1) is 0 Å². The summed E-state index contributed by atoms with van der Waals surface area (Å²) in [7, 11) is 1.29. The summed E-state index contributed by atoms with van der Waals surface area (Å²) in [5.74, 6) is -0.284. The molecule has 0 spiro atoms. The topological polar surface area (TPSA) is 76.7 Å². The van der Waals surface area contributed by atoms with Gasteiger partial charge in [-0.1, -0.05) is 83.9 Å². The number of rotatable bonds is 7. The summed E-state index contributed by atoms with van der Waals surface area (Å²) >= 11 is 11.9. The fraction of sp³-hybridized carbons (Fsp3) is 0.0714. The summed E-state index contributed by atoms with van der Waals surface area (Å²) in [6, 6.07) is 28.4. The third-order valence-electron chi connectivity index (χ3n) is 5.27. The van der Waals surface area contributed by atoms with Crippen molar-refractivity contribution in [3.8, 4) is 5.75 Å². The van der Waals surface area contributed by atoms with Crippen molar-refractivity contribution >= 4 is 46.6 Å². The van der Waals surface area contributed by atoms with E-state index in [0.29, 0.717) is 27.2 Å². The van der Waals surface area contributed by atoms with Crippen molar-refractivity contribution in [1.82, 2.24) is 0 Å². The van der Waals surface area contributed by atoms with E-state index in [4.69, 9.17) is 32.7 Å². The van der Waals surface area contributed by atoms with Crippen LogP contribution in [0.3, 0.4) is 0 Å². The number of carbonyl (C=O) groups is 2. The number of carbonyl (C=O) groups excluding carboxylic acids is 2. The van der Waals surface area contributed by atoms with E-state index >= 15 is 0 Å². The molecule has 4 aromatic rings. The highest BCUT2D eigenvalue weighted by Gasteiger charge is 2.21. The molecule has 4 rings (SSSR count). The Morgan fingerprint density at radius 3 is 1.83 bits per heavy atom. The lowest BCUT2D eigenvalue weighted by molar-refractivity contribution is 0.0594. The Morgan fingerprint density at radius 1 is 0.722 bits per heavy atom. The summed E-state index contributed by atoms with van der Waals surface area (Å²) in [5.41, 5.74) is 2.84. The Bertz CT molecular complexity index is 1330. The number of methoxy groups -OCH3 is 1. The molecular formula is C28H22Cl2N2O4. The molecule has 0 bridgehead atoms. The number of nitrogens with one attached hydrogen (secondary N) is 2. The smallest absolute Gasteiger partial charge is 0.341 e. The second-order valence-corrected chi connectivity index (χ2v) is 8.54. The zero-order valence-corrected chi connectivity index (χ0v) is 20.7. The monoisotopic (exact) mass is 520 g/mol. The molecule has 182 valence electrons. The first kappa shape index (κ1) is 25.1. The largest absolute Gasteiger partial charge is 0.480 e. The average molecular weight is 521 g/mol. The van der Waals surface area contributed by atoms with Crippen LogP contribution in [0.5, 0.6) is 5.75 Å².